The number of carbonyl (C=O) groups is 1. The summed E-state index contributed by atoms with van der Waals surface area (Å²) < 4.78 is 7.84. The van der Waals surface area contributed by atoms with E-state index in [1.807, 2.05) is 71.2 Å². The van der Waals surface area contributed by atoms with Crippen LogP contribution in [-0.4, -0.2) is 46.9 Å². The lowest BCUT2D eigenvalue weighted by Gasteiger charge is -2.17. The van der Waals surface area contributed by atoms with E-state index in [0.717, 1.165) is 37.4 Å². The normalized spacial score (nSPS) is 16.8. The van der Waals surface area contributed by atoms with E-state index in [4.69, 9.17) is 4.74 Å². The number of nitrogens with zero attached hydrogens (tertiary/aromatic N) is 3. The lowest BCUT2D eigenvalue weighted by molar-refractivity contribution is 0.0786. The van der Waals surface area contributed by atoms with Crippen molar-refractivity contribution >= 4 is 11.6 Å². The molecule has 1 aliphatic rings. The Bertz CT molecular complexity index is 904. The van der Waals surface area contributed by atoms with Gasteiger partial charge in [0.15, 0.2) is 0 Å². The summed E-state index contributed by atoms with van der Waals surface area (Å²) in [5, 5.41) is 3.19. The van der Waals surface area contributed by atoms with Crippen molar-refractivity contribution < 1.29 is 9.53 Å². The lowest BCUT2D eigenvalue weighted by Crippen LogP contribution is -2.30. The van der Waals surface area contributed by atoms with E-state index in [1.54, 1.807) is 0 Å². The summed E-state index contributed by atoms with van der Waals surface area (Å²) in [7, 11) is 1.95. The van der Waals surface area contributed by atoms with Gasteiger partial charge in [-0.1, -0.05) is 12.1 Å². The highest BCUT2D eigenvalue weighted by Gasteiger charge is 2.26. The van der Waals surface area contributed by atoms with Crippen LogP contribution >= 0.6 is 0 Å². The third kappa shape index (κ3) is 3.95. The van der Waals surface area contributed by atoms with E-state index in [2.05, 4.69) is 10.3 Å². The molecule has 1 aromatic carbocycles. The van der Waals surface area contributed by atoms with E-state index < -0.39 is 0 Å². The van der Waals surface area contributed by atoms with Gasteiger partial charge in [0.05, 0.1) is 5.69 Å². The van der Waals surface area contributed by atoms with Gasteiger partial charge in [-0.2, -0.15) is 0 Å². The molecule has 1 amide bonds. The number of nitrogens with one attached hydrogen (secondary N) is 1. The Morgan fingerprint density at radius 1 is 1.30 bits per heavy atom. The Labute approximate surface area is 158 Å². The number of aromatic nitrogens is 2. The fourth-order valence-corrected chi connectivity index (χ4v) is 3.59. The van der Waals surface area contributed by atoms with Gasteiger partial charge >= 0.3 is 0 Å². The number of carbonyl (C=O) groups excluding carboxylic acids is 1. The van der Waals surface area contributed by atoms with Crippen molar-refractivity contribution in [2.45, 2.75) is 13.0 Å². The molecule has 0 bridgehead atoms. The van der Waals surface area contributed by atoms with E-state index in [9.17, 15) is 4.79 Å². The topological polar surface area (TPSA) is 58.9 Å². The predicted octanol–water partition coefficient (Wildman–Crippen LogP) is 2.59. The molecule has 27 heavy (non-hydrogen) atoms. The van der Waals surface area contributed by atoms with Gasteiger partial charge in [0.25, 0.3) is 5.91 Å². The monoisotopic (exact) mass is 364 g/mol. The van der Waals surface area contributed by atoms with Crippen molar-refractivity contribution in [1.29, 1.82) is 0 Å². The zero-order valence-electron chi connectivity index (χ0n) is 15.5. The van der Waals surface area contributed by atoms with Crippen molar-refractivity contribution in [3.8, 4) is 5.75 Å². The molecule has 0 aliphatic carbocycles. The summed E-state index contributed by atoms with van der Waals surface area (Å²) in [5.74, 6) is 1.30. The molecule has 6 nitrogen and oxygen atoms in total. The van der Waals surface area contributed by atoms with Crippen molar-refractivity contribution in [2.75, 3.05) is 26.7 Å². The zero-order valence-corrected chi connectivity index (χ0v) is 15.5. The minimum absolute atomic E-state index is 0.0757. The van der Waals surface area contributed by atoms with Crippen LogP contribution in [0.25, 0.3) is 5.65 Å². The number of imidazole rings is 1. The summed E-state index contributed by atoms with van der Waals surface area (Å²) in [5.41, 5.74) is 2.42. The fourth-order valence-electron chi connectivity index (χ4n) is 3.59. The van der Waals surface area contributed by atoms with Crippen molar-refractivity contribution in [3.05, 3.63) is 66.1 Å². The molecule has 1 saturated heterocycles. The van der Waals surface area contributed by atoms with Crippen LogP contribution in [0.1, 0.15) is 22.5 Å². The molecule has 2 aromatic heterocycles. The summed E-state index contributed by atoms with van der Waals surface area (Å²) in [6, 6.07) is 13.3. The summed E-state index contributed by atoms with van der Waals surface area (Å²) in [6.45, 7) is 2.95. The Balaban J connectivity index is 1.40. The maximum Gasteiger partial charge on any atom is 0.253 e. The third-order valence-corrected chi connectivity index (χ3v) is 4.95. The molecule has 140 valence electrons. The summed E-state index contributed by atoms with van der Waals surface area (Å²) in [4.78, 5) is 19.2. The third-order valence-electron chi connectivity index (χ3n) is 4.95. The first-order valence-corrected chi connectivity index (χ1v) is 9.32. The maximum atomic E-state index is 12.8. The number of amides is 1. The molecule has 3 heterocycles. The van der Waals surface area contributed by atoms with E-state index >= 15 is 0 Å². The van der Waals surface area contributed by atoms with Crippen LogP contribution in [-0.2, 0) is 6.61 Å². The zero-order chi connectivity index (χ0) is 18.6. The van der Waals surface area contributed by atoms with Crippen LogP contribution in [0.2, 0.25) is 0 Å². The van der Waals surface area contributed by atoms with Gasteiger partial charge in [-0.15, -0.1) is 0 Å². The number of ether oxygens (including phenoxy) is 1. The Kier molecular flexibility index (Phi) is 5.07. The lowest BCUT2D eigenvalue weighted by atomic mass is 10.1. The van der Waals surface area contributed by atoms with Crippen LogP contribution in [0, 0.1) is 5.92 Å². The highest BCUT2D eigenvalue weighted by Crippen LogP contribution is 2.21. The molecule has 0 unspecified atom stereocenters. The molecular formula is C21H24N4O2. The van der Waals surface area contributed by atoms with Crippen LogP contribution in [0.3, 0.4) is 0 Å². The predicted molar refractivity (Wildman–Crippen MR) is 104 cm³/mol. The smallest absolute Gasteiger partial charge is 0.253 e. The van der Waals surface area contributed by atoms with E-state index in [1.165, 1.54) is 0 Å². The number of pyridine rings is 1. The molecule has 3 aromatic rings. The molecule has 0 radical (unpaired) electrons. The molecule has 4 rings (SSSR count). The first-order valence-electron chi connectivity index (χ1n) is 9.32. The van der Waals surface area contributed by atoms with Crippen molar-refractivity contribution in [2.24, 2.45) is 5.92 Å². The minimum atomic E-state index is 0.0757. The second-order valence-corrected chi connectivity index (χ2v) is 6.98. The quantitative estimate of drug-likeness (QED) is 0.730. The van der Waals surface area contributed by atoms with Crippen LogP contribution in [0.15, 0.2) is 54.9 Å². The highest BCUT2D eigenvalue weighted by atomic mass is 16.5. The SMILES string of the molecule is CNC[C@@H]1CCN(C(=O)c2cccc(OCc3cn4ccccc4n3)c2)C1. The number of fused-ring (bicyclic) bond motifs is 1. The molecular weight excluding hydrogens is 340 g/mol. The summed E-state index contributed by atoms with van der Waals surface area (Å²) in [6.07, 6.45) is 4.97. The van der Waals surface area contributed by atoms with Crippen LogP contribution in [0.4, 0.5) is 0 Å². The molecule has 0 spiro atoms. The van der Waals surface area contributed by atoms with Gasteiger partial charge in [-0.25, -0.2) is 4.98 Å². The van der Waals surface area contributed by atoms with Gasteiger partial charge in [-0.3, -0.25) is 4.79 Å². The number of likely N-dealkylation sites (tertiary alicyclic amines) is 1. The number of hydrogen-bond donors (Lipinski definition) is 1. The van der Waals surface area contributed by atoms with Crippen molar-refractivity contribution in [1.82, 2.24) is 19.6 Å². The molecule has 1 N–H and O–H groups in total. The number of hydrogen-bond acceptors (Lipinski definition) is 4. The van der Waals surface area contributed by atoms with Gasteiger partial charge in [-0.05, 0) is 56.3 Å². The maximum absolute atomic E-state index is 12.8. The molecule has 0 saturated carbocycles. The second kappa shape index (κ2) is 7.80. The van der Waals surface area contributed by atoms with Gasteiger partial charge < -0.3 is 19.4 Å². The van der Waals surface area contributed by atoms with Gasteiger partial charge in [0, 0.05) is 31.0 Å². The Hall–Kier alpha value is -2.86. The second-order valence-electron chi connectivity index (χ2n) is 6.98. The highest BCUT2D eigenvalue weighted by molar-refractivity contribution is 5.94. The first kappa shape index (κ1) is 17.5. The molecule has 1 atom stereocenters. The van der Waals surface area contributed by atoms with Gasteiger partial charge in [0.2, 0.25) is 0 Å². The number of rotatable bonds is 6. The van der Waals surface area contributed by atoms with Crippen LogP contribution in [0.5, 0.6) is 5.75 Å². The summed E-state index contributed by atoms with van der Waals surface area (Å²) >= 11 is 0. The van der Waals surface area contributed by atoms with E-state index in [0.29, 0.717) is 23.8 Å². The largest absolute Gasteiger partial charge is 0.487 e. The fraction of sp³-hybridized carbons (Fsp3) is 0.333. The average molecular weight is 364 g/mol. The van der Waals surface area contributed by atoms with Crippen molar-refractivity contribution in [3.63, 3.8) is 0 Å². The standard InChI is InChI=1S/C21H24N4O2/c1-22-12-16-8-10-25(13-16)21(26)17-5-4-6-19(11-17)27-15-18-14-24-9-3-2-7-20(24)23-18/h2-7,9,11,14,16,22H,8,10,12-13,15H2,1H3/t16-/m0/s1. The molecule has 6 heteroatoms. The first-order chi connectivity index (χ1) is 13.2. The number of benzene rings is 1. The Morgan fingerprint density at radius 3 is 3.07 bits per heavy atom. The molecule has 1 fully saturated rings. The van der Waals surface area contributed by atoms with E-state index in [-0.39, 0.29) is 5.91 Å². The van der Waals surface area contributed by atoms with Crippen LogP contribution < -0.4 is 10.1 Å². The average Bonchev–Trinajstić information content (AvgIpc) is 3.33. The minimum Gasteiger partial charge on any atom is -0.487 e. The Morgan fingerprint density at radius 2 is 2.22 bits per heavy atom. The molecule has 1 aliphatic heterocycles. The van der Waals surface area contributed by atoms with Gasteiger partial charge in [0.1, 0.15) is 18.0 Å².